The summed E-state index contributed by atoms with van der Waals surface area (Å²) in [5.41, 5.74) is 5.65. The molecule has 1 aromatic rings. The van der Waals surface area contributed by atoms with Crippen LogP contribution in [0, 0.1) is 0 Å². The quantitative estimate of drug-likeness (QED) is 0.464. The molecule has 0 amide bonds. The number of hydrogen-bond donors (Lipinski definition) is 1. The number of ether oxygens (including phenoxy) is 1. The van der Waals surface area contributed by atoms with Gasteiger partial charge in [-0.05, 0) is 6.92 Å². The molecule has 0 aromatic carbocycles. The Morgan fingerprint density at radius 1 is 1.62 bits per heavy atom. The van der Waals surface area contributed by atoms with Gasteiger partial charge in [-0.3, -0.25) is 0 Å². The Labute approximate surface area is 125 Å². The minimum absolute atomic E-state index is 0.0611. The van der Waals surface area contributed by atoms with Crippen LogP contribution in [0.15, 0.2) is 10.5 Å². The maximum absolute atomic E-state index is 11.9. The molecule has 1 aliphatic heterocycles. The molecule has 2 N–H and O–H groups in total. The van der Waals surface area contributed by atoms with Crippen molar-refractivity contribution in [1.82, 2.24) is 4.98 Å². The Bertz CT molecular complexity index is 653. The molecule has 0 bridgehead atoms. The first-order valence-electron chi connectivity index (χ1n) is 6.24. The van der Waals surface area contributed by atoms with Crippen molar-refractivity contribution in [1.29, 1.82) is 0 Å². The molecule has 2 heterocycles. The maximum Gasteiger partial charge on any atom is 0.362 e. The second-order valence-corrected chi connectivity index (χ2v) is 7.48. The molecule has 21 heavy (non-hydrogen) atoms. The van der Waals surface area contributed by atoms with Gasteiger partial charge in [-0.25, -0.2) is 18.2 Å². The first-order valence-corrected chi connectivity index (χ1v) is 8.94. The summed E-state index contributed by atoms with van der Waals surface area (Å²) in [5, 5.41) is 5.58. The van der Waals surface area contributed by atoms with Crippen molar-refractivity contribution in [2.24, 2.45) is 5.16 Å². The number of rotatable bonds is 5. The number of hydrogen-bond acceptors (Lipinski definition) is 9. The number of carbonyl (C=O) groups excluding carboxylic acids is 1. The molecule has 1 fully saturated rings. The number of thiazole rings is 1. The largest absolute Gasteiger partial charge is 0.461 e. The summed E-state index contributed by atoms with van der Waals surface area (Å²) in [6, 6.07) is 0. The van der Waals surface area contributed by atoms with E-state index < -0.39 is 21.9 Å². The minimum Gasteiger partial charge on any atom is -0.461 e. The van der Waals surface area contributed by atoms with E-state index in [1.807, 2.05) is 0 Å². The van der Waals surface area contributed by atoms with E-state index in [0.29, 0.717) is 6.42 Å². The standard InChI is InChI=1S/C11H15N3O5S2/c1-2-18-10(15)9(8-5-20-11(12)13-8)14-19-7-3-4-21(16,17)6-7/h5,7H,2-4,6H2,1H3,(H2,12,13). The van der Waals surface area contributed by atoms with Crippen molar-refractivity contribution >= 4 is 38.0 Å². The molecule has 1 aromatic heterocycles. The lowest BCUT2D eigenvalue weighted by atomic mass is 10.3. The number of sulfone groups is 1. The number of aromatic nitrogens is 1. The van der Waals surface area contributed by atoms with Gasteiger partial charge in [0.1, 0.15) is 11.8 Å². The van der Waals surface area contributed by atoms with Crippen LogP contribution >= 0.6 is 11.3 Å². The van der Waals surface area contributed by atoms with E-state index in [4.69, 9.17) is 15.3 Å². The fourth-order valence-electron chi connectivity index (χ4n) is 1.76. The van der Waals surface area contributed by atoms with Crippen LogP contribution in [0.4, 0.5) is 5.13 Å². The number of nitrogens with zero attached hydrogens (tertiary/aromatic N) is 2. The van der Waals surface area contributed by atoms with Gasteiger partial charge < -0.3 is 15.3 Å². The highest BCUT2D eigenvalue weighted by Crippen LogP contribution is 2.17. The molecule has 8 nitrogen and oxygen atoms in total. The lowest BCUT2D eigenvalue weighted by molar-refractivity contribution is -0.135. The fraction of sp³-hybridized carbons (Fsp3) is 0.545. The van der Waals surface area contributed by atoms with E-state index in [9.17, 15) is 13.2 Å². The predicted octanol–water partition coefficient (Wildman–Crippen LogP) is 0.196. The number of anilines is 1. The molecule has 1 aliphatic rings. The van der Waals surface area contributed by atoms with Crippen LogP contribution in [0.5, 0.6) is 0 Å². The molecule has 10 heteroatoms. The fourth-order valence-corrected chi connectivity index (χ4v) is 3.89. The highest BCUT2D eigenvalue weighted by Gasteiger charge is 2.30. The average Bonchev–Trinajstić information content (AvgIpc) is 2.96. The van der Waals surface area contributed by atoms with Crippen molar-refractivity contribution in [3.8, 4) is 0 Å². The number of carbonyl (C=O) groups is 1. The minimum atomic E-state index is -3.08. The van der Waals surface area contributed by atoms with Crippen molar-refractivity contribution in [3.63, 3.8) is 0 Å². The van der Waals surface area contributed by atoms with Gasteiger partial charge in [0, 0.05) is 11.8 Å². The molecule has 0 radical (unpaired) electrons. The van der Waals surface area contributed by atoms with E-state index in [2.05, 4.69) is 10.1 Å². The van der Waals surface area contributed by atoms with E-state index in [1.54, 1.807) is 12.3 Å². The second kappa shape index (κ2) is 6.39. The highest BCUT2D eigenvalue weighted by atomic mass is 32.2. The summed E-state index contributed by atoms with van der Waals surface area (Å²) in [4.78, 5) is 21.0. The zero-order valence-corrected chi connectivity index (χ0v) is 12.9. The Morgan fingerprint density at radius 2 is 2.38 bits per heavy atom. The van der Waals surface area contributed by atoms with Gasteiger partial charge >= 0.3 is 5.97 Å². The molecule has 1 unspecified atom stereocenters. The number of oxime groups is 1. The van der Waals surface area contributed by atoms with E-state index in [-0.39, 0.29) is 34.6 Å². The zero-order chi connectivity index (χ0) is 15.5. The molecule has 0 saturated carbocycles. The lowest BCUT2D eigenvalue weighted by Gasteiger charge is -2.07. The Kier molecular flexibility index (Phi) is 4.78. The summed E-state index contributed by atoms with van der Waals surface area (Å²) >= 11 is 1.15. The van der Waals surface area contributed by atoms with Crippen LogP contribution < -0.4 is 5.73 Å². The van der Waals surface area contributed by atoms with E-state index in [0.717, 1.165) is 11.3 Å². The molecule has 0 aliphatic carbocycles. The van der Waals surface area contributed by atoms with Crippen molar-refractivity contribution in [2.45, 2.75) is 19.4 Å². The van der Waals surface area contributed by atoms with Crippen molar-refractivity contribution in [2.75, 3.05) is 23.8 Å². The summed E-state index contributed by atoms with van der Waals surface area (Å²) in [7, 11) is -3.08. The van der Waals surface area contributed by atoms with Gasteiger partial charge in [0.2, 0.25) is 5.71 Å². The van der Waals surface area contributed by atoms with Crippen molar-refractivity contribution in [3.05, 3.63) is 11.1 Å². The molecule has 116 valence electrons. The van der Waals surface area contributed by atoms with Gasteiger partial charge in [0.15, 0.2) is 15.0 Å². The van der Waals surface area contributed by atoms with Gasteiger partial charge in [-0.2, -0.15) is 0 Å². The monoisotopic (exact) mass is 333 g/mol. The summed E-state index contributed by atoms with van der Waals surface area (Å²) < 4.78 is 27.6. The SMILES string of the molecule is CCOC(=O)C(=NOC1CCS(=O)(=O)C1)c1csc(N)n1. The van der Waals surface area contributed by atoms with Crippen LogP contribution in [0.1, 0.15) is 19.0 Å². The van der Waals surface area contributed by atoms with Crippen LogP contribution in [0.3, 0.4) is 0 Å². The molecule has 2 rings (SSSR count). The van der Waals surface area contributed by atoms with Gasteiger partial charge in [-0.1, -0.05) is 5.16 Å². The van der Waals surface area contributed by atoms with Gasteiger partial charge in [0.25, 0.3) is 0 Å². The Hall–Kier alpha value is -1.68. The second-order valence-electron chi connectivity index (χ2n) is 4.36. The van der Waals surface area contributed by atoms with Gasteiger partial charge in [0.05, 0.1) is 18.1 Å². The maximum atomic E-state index is 11.9. The van der Waals surface area contributed by atoms with E-state index >= 15 is 0 Å². The predicted molar refractivity (Wildman–Crippen MR) is 77.8 cm³/mol. The molecule has 1 saturated heterocycles. The zero-order valence-electron chi connectivity index (χ0n) is 11.3. The van der Waals surface area contributed by atoms with Gasteiger partial charge in [-0.15, -0.1) is 11.3 Å². The first kappa shape index (κ1) is 15.7. The van der Waals surface area contributed by atoms with Crippen molar-refractivity contribution < 1.29 is 22.8 Å². The topological polar surface area (TPSA) is 121 Å². The smallest absolute Gasteiger partial charge is 0.362 e. The first-order chi connectivity index (χ1) is 9.91. The Morgan fingerprint density at radius 3 is 2.90 bits per heavy atom. The normalized spacial score (nSPS) is 21.2. The van der Waals surface area contributed by atoms with E-state index in [1.165, 1.54) is 0 Å². The third kappa shape index (κ3) is 4.14. The van der Waals surface area contributed by atoms with Crippen LogP contribution in [-0.2, 0) is 24.2 Å². The van der Waals surface area contributed by atoms with Crippen LogP contribution in [0.2, 0.25) is 0 Å². The molecular formula is C11H15N3O5S2. The number of esters is 1. The average molecular weight is 333 g/mol. The molecule has 0 spiro atoms. The third-order valence-electron chi connectivity index (χ3n) is 2.72. The highest BCUT2D eigenvalue weighted by molar-refractivity contribution is 7.91. The third-order valence-corrected chi connectivity index (χ3v) is 5.13. The molecule has 1 atom stereocenters. The van der Waals surface area contributed by atoms with Crippen LogP contribution in [-0.4, -0.2) is 49.3 Å². The number of nitrogens with two attached hydrogens (primary N) is 1. The summed E-state index contributed by atoms with van der Waals surface area (Å²) in [5.74, 6) is -0.735. The lowest BCUT2D eigenvalue weighted by Crippen LogP contribution is -2.21. The molecular weight excluding hydrogens is 318 g/mol. The summed E-state index contributed by atoms with van der Waals surface area (Å²) in [6.45, 7) is 1.84. The Balaban J connectivity index is 2.15. The summed E-state index contributed by atoms with van der Waals surface area (Å²) in [6.07, 6.45) is -0.211. The number of nitrogen functional groups attached to an aromatic ring is 1. The van der Waals surface area contributed by atoms with Crippen LogP contribution in [0.25, 0.3) is 0 Å².